The molecule has 0 bridgehead atoms. The quantitative estimate of drug-likeness (QED) is 0.893. The Hall–Kier alpha value is -0.910. The summed E-state index contributed by atoms with van der Waals surface area (Å²) < 4.78 is 27.5. The molecule has 1 aliphatic heterocycles. The van der Waals surface area contributed by atoms with Crippen molar-refractivity contribution in [3.05, 3.63) is 29.3 Å². The van der Waals surface area contributed by atoms with Gasteiger partial charge in [0.15, 0.2) is 0 Å². The van der Waals surface area contributed by atoms with Gasteiger partial charge in [0.25, 0.3) is 0 Å². The van der Waals surface area contributed by atoms with Crippen LogP contribution in [0.1, 0.15) is 37.3 Å². The zero-order chi connectivity index (χ0) is 14.2. The molecule has 110 valence electrons. The number of benzene rings is 1. The Morgan fingerprint density at radius 3 is 2.80 bits per heavy atom. The molecule has 0 aromatic heterocycles. The van der Waals surface area contributed by atoms with E-state index >= 15 is 0 Å². The molecule has 2 N–H and O–H groups in total. The Balaban J connectivity index is 1.71. The lowest BCUT2D eigenvalue weighted by molar-refractivity contribution is 0.414. The number of rotatable bonds is 4. The zero-order valence-corrected chi connectivity index (χ0v) is 12.7. The average molecular weight is 294 g/mol. The summed E-state index contributed by atoms with van der Waals surface area (Å²) in [6.45, 7) is 4.38. The van der Waals surface area contributed by atoms with Crippen LogP contribution in [0.4, 0.5) is 0 Å². The van der Waals surface area contributed by atoms with Crippen molar-refractivity contribution >= 4 is 10.0 Å². The van der Waals surface area contributed by atoms with E-state index in [2.05, 4.69) is 17.0 Å². The van der Waals surface area contributed by atoms with E-state index < -0.39 is 10.0 Å². The molecule has 0 radical (unpaired) electrons. The first-order valence-electron chi connectivity index (χ1n) is 7.38. The number of nitrogens with one attached hydrogen (secondary N) is 2. The van der Waals surface area contributed by atoms with Crippen LogP contribution in [0.25, 0.3) is 0 Å². The van der Waals surface area contributed by atoms with Crippen molar-refractivity contribution in [1.82, 2.24) is 10.0 Å². The highest BCUT2D eigenvalue weighted by Gasteiger charge is 2.25. The molecule has 20 heavy (non-hydrogen) atoms. The summed E-state index contributed by atoms with van der Waals surface area (Å²) in [6, 6.07) is 5.43. The van der Waals surface area contributed by atoms with Crippen LogP contribution in [-0.2, 0) is 23.1 Å². The molecule has 1 aromatic rings. The third kappa shape index (κ3) is 2.75. The second-order valence-electron chi connectivity index (χ2n) is 6.05. The zero-order valence-electron chi connectivity index (χ0n) is 11.9. The van der Waals surface area contributed by atoms with E-state index in [9.17, 15) is 8.42 Å². The highest BCUT2D eigenvalue weighted by Crippen LogP contribution is 2.30. The van der Waals surface area contributed by atoms with Gasteiger partial charge in [-0.05, 0) is 41.5 Å². The number of sulfonamides is 1. The maximum absolute atomic E-state index is 12.4. The molecule has 1 fully saturated rings. The predicted octanol–water partition coefficient (Wildman–Crippen LogP) is 2.00. The van der Waals surface area contributed by atoms with E-state index in [-0.39, 0.29) is 0 Å². The largest absolute Gasteiger partial charge is 0.309 e. The molecule has 2 aliphatic rings. The first-order valence-corrected chi connectivity index (χ1v) is 8.87. The van der Waals surface area contributed by atoms with Gasteiger partial charge >= 0.3 is 0 Å². The first-order chi connectivity index (χ1) is 9.56. The lowest BCUT2D eigenvalue weighted by Gasteiger charge is -2.16. The molecule has 5 heteroatoms. The van der Waals surface area contributed by atoms with Gasteiger partial charge in [-0.1, -0.05) is 25.8 Å². The molecule has 0 amide bonds. The minimum atomic E-state index is -3.37. The van der Waals surface area contributed by atoms with Crippen LogP contribution in [-0.4, -0.2) is 15.0 Å². The summed E-state index contributed by atoms with van der Waals surface area (Å²) in [6.07, 6.45) is 3.58. The minimum Gasteiger partial charge on any atom is -0.309 e. The van der Waals surface area contributed by atoms with Crippen LogP contribution < -0.4 is 10.0 Å². The fourth-order valence-corrected chi connectivity index (χ4v) is 4.41. The molecule has 1 saturated carbocycles. The number of hydrogen-bond donors (Lipinski definition) is 2. The second kappa shape index (κ2) is 5.47. The maximum Gasteiger partial charge on any atom is 0.240 e. The lowest BCUT2D eigenvalue weighted by Crippen LogP contribution is -2.30. The molecule has 1 aliphatic carbocycles. The SMILES string of the molecule is CC1CCCC1CNS(=O)(=O)c1ccc2c(c1)CNC2. The number of hydrogen-bond acceptors (Lipinski definition) is 3. The summed E-state index contributed by atoms with van der Waals surface area (Å²) >= 11 is 0. The van der Waals surface area contributed by atoms with Crippen molar-refractivity contribution in [2.24, 2.45) is 11.8 Å². The standard InChI is InChI=1S/C15H22N2O2S/c1-11-3-2-4-12(11)10-17-20(18,19)15-6-5-13-8-16-9-14(13)7-15/h5-7,11-12,16-17H,2-4,8-10H2,1H3. The second-order valence-corrected chi connectivity index (χ2v) is 7.82. The van der Waals surface area contributed by atoms with Gasteiger partial charge in [-0.15, -0.1) is 0 Å². The van der Waals surface area contributed by atoms with Crippen molar-refractivity contribution in [3.8, 4) is 0 Å². The first kappa shape index (κ1) is 14.0. The lowest BCUT2D eigenvalue weighted by atomic mass is 9.99. The van der Waals surface area contributed by atoms with E-state index in [1.54, 1.807) is 12.1 Å². The third-order valence-corrected chi connectivity index (χ3v) is 6.11. The molecule has 2 unspecified atom stereocenters. The molecular weight excluding hydrogens is 272 g/mol. The Labute approximate surface area is 121 Å². The van der Waals surface area contributed by atoms with Crippen molar-refractivity contribution in [2.45, 2.75) is 44.2 Å². The summed E-state index contributed by atoms with van der Waals surface area (Å²) in [5.74, 6) is 1.11. The Morgan fingerprint density at radius 1 is 1.25 bits per heavy atom. The highest BCUT2D eigenvalue weighted by molar-refractivity contribution is 7.89. The fourth-order valence-electron chi connectivity index (χ4n) is 3.26. The summed E-state index contributed by atoms with van der Waals surface area (Å²) in [7, 11) is -3.37. The topological polar surface area (TPSA) is 58.2 Å². The Morgan fingerprint density at radius 2 is 2.05 bits per heavy atom. The van der Waals surface area contributed by atoms with Gasteiger partial charge in [-0.25, -0.2) is 13.1 Å². The van der Waals surface area contributed by atoms with E-state index in [1.165, 1.54) is 18.4 Å². The van der Waals surface area contributed by atoms with E-state index in [4.69, 9.17) is 0 Å². The molecule has 4 nitrogen and oxygen atoms in total. The maximum atomic E-state index is 12.4. The van der Waals surface area contributed by atoms with Gasteiger partial charge in [0.2, 0.25) is 10.0 Å². The van der Waals surface area contributed by atoms with Crippen LogP contribution in [0, 0.1) is 11.8 Å². The van der Waals surface area contributed by atoms with Crippen LogP contribution in [0.2, 0.25) is 0 Å². The van der Waals surface area contributed by atoms with Crippen molar-refractivity contribution in [1.29, 1.82) is 0 Å². The van der Waals surface area contributed by atoms with Crippen molar-refractivity contribution in [3.63, 3.8) is 0 Å². The Bertz CT molecular complexity index is 598. The highest BCUT2D eigenvalue weighted by atomic mass is 32.2. The van der Waals surface area contributed by atoms with Gasteiger partial charge in [0.1, 0.15) is 0 Å². The van der Waals surface area contributed by atoms with E-state index in [1.807, 2.05) is 6.07 Å². The van der Waals surface area contributed by atoms with Gasteiger partial charge < -0.3 is 5.32 Å². The van der Waals surface area contributed by atoms with Gasteiger partial charge in [-0.3, -0.25) is 0 Å². The van der Waals surface area contributed by atoms with Crippen LogP contribution in [0.3, 0.4) is 0 Å². The van der Waals surface area contributed by atoms with E-state index in [0.717, 1.165) is 25.1 Å². The molecule has 0 spiro atoms. The number of fused-ring (bicyclic) bond motifs is 1. The van der Waals surface area contributed by atoms with Gasteiger partial charge in [0.05, 0.1) is 4.90 Å². The monoisotopic (exact) mass is 294 g/mol. The smallest absolute Gasteiger partial charge is 0.240 e. The molecule has 1 heterocycles. The summed E-state index contributed by atoms with van der Waals surface area (Å²) in [5, 5.41) is 3.23. The van der Waals surface area contributed by atoms with Crippen LogP contribution >= 0.6 is 0 Å². The van der Waals surface area contributed by atoms with Crippen LogP contribution in [0.15, 0.2) is 23.1 Å². The normalized spacial score (nSPS) is 25.9. The Kier molecular flexibility index (Phi) is 3.84. The van der Waals surface area contributed by atoms with E-state index in [0.29, 0.717) is 23.3 Å². The average Bonchev–Trinajstić information content (AvgIpc) is 3.04. The molecular formula is C15H22N2O2S. The molecule has 3 rings (SSSR count). The van der Waals surface area contributed by atoms with Crippen molar-refractivity contribution < 1.29 is 8.42 Å². The fraction of sp³-hybridized carbons (Fsp3) is 0.600. The van der Waals surface area contributed by atoms with Gasteiger partial charge in [0, 0.05) is 19.6 Å². The minimum absolute atomic E-state index is 0.394. The summed E-state index contributed by atoms with van der Waals surface area (Å²) in [5.41, 5.74) is 2.30. The van der Waals surface area contributed by atoms with Crippen molar-refractivity contribution in [2.75, 3.05) is 6.54 Å². The van der Waals surface area contributed by atoms with Gasteiger partial charge in [-0.2, -0.15) is 0 Å². The molecule has 2 atom stereocenters. The predicted molar refractivity (Wildman–Crippen MR) is 78.7 cm³/mol. The third-order valence-electron chi connectivity index (χ3n) is 4.69. The van der Waals surface area contributed by atoms with Crippen LogP contribution in [0.5, 0.6) is 0 Å². The molecule has 0 saturated heterocycles. The molecule has 1 aromatic carbocycles. The summed E-state index contributed by atoms with van der Waals surface area (Å²) in [4.78, 5) is 0.394.